The molecule has 24 heavy (non-hydrogen) atoms. The molecule has 0 aliphatic carbocycles. The number of amides is 1. The Kier molecular flexibility index (Phi) is 5.20. The maximum Gasteiger partial charge on any atom is 0.226 e. The van der Waals surface area contributed by atoms with Gasteiger partial charge in [0.25, 0.3) is 0 Å². The normalized spacial score (nSPS) is 17.4. The lowest BCUT2D eigenvalue weighted by atomic mass is 9.73. The van der Waals surface area contributed by atoms with Gasteiger partial charge in [0.15, 0.2) is 0 Å². The molecular weight excluding hydrogens is 300 g/mol. The molecule has 1 N–H and O–H groups in total. The Morgan fingerprint density at radius 3 is 2.54 bits per heavy atom. The van der Waals surface area contributed by atoms with Gasteiger partial charge in [0.05, 0.1) is 11.6 Å². The smallest absolute Gasteiger partial charge is 0.226 e. The third-order valence-corrected chi connectivity index (χ3v) is 4.91. The molecule has 2 heterocycles. The number of carbonyl (C=O) groups is 1. The zero-order valence-electron chi connectivity index (χ0n) is 14.1. The highest BCUT2D eigenvalue weighted by Gasteiger charge is 2.40. The molecule has 5 heteroatoms. The van der Waals surface area contributed by atoms with Crippen molar-refractivity contribution >= 4 is 5.91 Å². The number of hydrogen-bond acceptors (Lipinski definition) is 4. The maximum absolute atomic E-state index is 13.0. The molecule has 0 spiro atoms. The predicted molar refractivity (Wildman–Crippen MR) is 93.2 cm³/mol. The number of benzene rings is 1. The Morgan fingerprint density at radius 1 is 1.12 bits per heavy atom. The van der Waals surface area contributed by atoms with Gasteiger partial charge < -0.3 is 10.2 Å². The van der Waals surface area contributed by atoms with Gasteiger partial charge in [0, 0.05) is 12.7 Å². The van der Waals surface area contributed by atoms with Crippen LogP contribution in [-0.2, 0) is 17.8 Å². The van der Waals surface area contributed by atoms with Crippen LogP contribution in [-0.4, -0.2) is 41.1 Å². The van der Waals surface area contributed by atoms with Crippen LogP contribution in [0.4, 0.5) is 0 Å². The summed E-state index contributed by atoms with van der Waals surface area (Å²) in [6, 6.07) is 12.2. The molecule has 0 saturated carbocycles. The Balaban J connectivity index is 1.72. The van der Waals surface area contributed by atoms with Crippen molar-refractivity contribution < 1.29 is 4.79 Å². The fourth-order valence-electron chi connectivity index (χ4n) is 3.31. The van der Waals surface area contributed by atoms with Crippen LogP contribution in [0.15, 0.2) is 48.8 Å². The van der Waals surface area contributed by atoms with Crippen molar-refractivity contribution in [1.29, 1.82) is 0 Å². The molecule has 0 atom stereocenters. The molecular formula is C19H24N4O. The van der Waals surface area contributed by atoms with Crippen molar-refractivity contribution in [3.63, 3.8) is 0 Å². The van der Waals surface area contributed by atoms with E-state index >= 15 is 0 Å². The second-order valence-corrected chi connectivity index (χ2v) is 6.68. The number of piperidine rings is 1. The lowest BCUT2D eigenvalue weighted by Crippen LogP contribution is -2.49. The number of carbonyl (C=O) groups excluding carboxylic acids is 1. The van der Waals surface area contributed by atoms with Crippen LogP contribution in [0.25, 0.3) is 0 Å². The van der Waals surface area contributed by atoms with E-state index in [0.717, 1.165) is 37.9 Å². The molecule has 1 aromatic carbocycles. The molecule has 1 fully saturated rings. The van der Waals surface area contributed by atoms with E-state index in [9.17, 15) is 4.79 Å². The number of aromatic nitrogens is 2. The summed E-state index contributed by atoms with van der Waals surface area (Å²) in [4.78, 5) is 15.3. The fraction of sp³-hybridized carbons (Fsp3) is 0.421. The highest BCUT2D eigenvalue weighted by molar-refractivity contribution is 5.83. The van der Waals surface area contributed by atoms with E-state index in [1.807, 2.05) is 24.3 Å². The number of nitrogens with one attached hydrogen (secondary N) is 1. The van der Waals surface area contributed by atoms with Gasteiger partial charge >= 0.3 is 0 Å². The third kappa shape index (κ3) is 3.97. The first-order chi connectivity index (χ1) is 11.7. The Morgan fingerprint density at radius 2 is 1.88 bits per heavy atom. The minimum atomic E-state index is -0.325. The largest absolute Gasteiger partial charge is 0.351 e. The van der Waals surface area contributed by atoms with Crippen molar-refractivity contribution in [3.05, 3.63) is 59.9 Å². The van der Waals surface area contributed by atoms with Crippen LogP contribution in [0.2, 0.25) is 0 Å². The predicted octanol–water partition coefficient (Wildman–Crippen LogP) is 2.05. The van der Waals surface area contributed by atoms with Gasteiger partial charge in [0.1, 0.15) is 0 Å². The second-order valence-electron chi connectivity index (χ2n) is 6.68. The highest BCUT2D eigenvalue weighted by Crippen LogP contribution is 2.35. The first-order valence-electron chi connectivity index (χ1n) is 8.44. The van der Waals surface area contributed by atoms with Crippen LogP contribution >= 0.6 is 0 Å². The van der Waals surface area contributed by atoms with E-state index in [-0.39, 0.29) is 11.3 Å². The lowest BCUT2D eigenvalue weighted by Gasteiger charge is -2.39. The molecule has 126 valence electrons. The number of nitrogens with zero attached hydrogens (tertiary/aromatic N) is 3. The van der Waals surface area contributed by atoms with Gasteiger partial charge in [0.2, 0.25) is 5.91 Å². The zero-order valence-corrected chi connectivity index (χ0v) is 14.1. The summed E-state index contributed by atoms with van der Waals surface area (Å²) in [6.45, 7) is 2.41. The van der Waals surface area contributed by atoms with E-state index in [1.54, 1.807) is 12.4 Å². The molecule has 1 aliphatic heterocycles. The van der Waals surface area contributed by atoms with Gasteiger partial charge in [-0.2, -0.15) is 10.2 Å². The summed E-state index contributed by atoms with van der Waals surface area (Å²) in [5, 5.41) is 10.8. The summed E-state index contributed by atoms with van der Waals surface area (Å²) in [7, 11) is 2.12. The minimum Gasteiger partial charge on any atom is -0.351 e. The molecule has 0 radical (unpaired) electrons. The molecule has 1 aliphatic rings. The molecule has 2 aromatic rings. The van der Waals surface area contributed by atoms with E-state index in [4.69, 9.17) is 0 Å². The second kappa shape index (κ2) is 7.53. The summed E-state index contributed by atoms with van der Waals surface area (Å²) in [5.74, 6) is 0.149. The van der Waals surface area contributed by atoms with E-state index in [2.05, 4.69) is 39.6 Å². The van der Waals surface area contributed by atoms with Crippen molar-refractivity contribution in [2.75, 3.05) is 20.1 Å². The molecule has 1 amide bonds. The van der Waals surface area contributed by atoms with E-state index in [1.165, 1.54) is 5.56 Å². The van der Waals surface area contributed by atoms with Crippen LogP contribution < -0.4 is 5.32 Å². The Hall–Kier alpha value is -2.27. The van der Waals surface area contributed by atoms with Crippen LogP contribution in [0, 0.1) is 5.41 Å². The van der Waals surface area contributed by atoms with Crippen LogP contribution in [0.3, 0.4) is 0 Å². The van der Waals surface area contributed by atoms with Crippen molar-refractivity contribution in [1.82, 2.24) is 20.4 Å². The summed E-state index contributed by atoms with van der Waals surface area (Å²) < 4.78 is 0. The van der Waals surface area contributed by atoms with Crippen molar-refractivity contribution in [2.45, 2.75) is 25.8 Å². The van der Waals surface area contributed by atoms with E-state index in [0.29, 0.717) is 6.54 Å². The molecule has 0 unspecified atom stereocenters. The van der Waals surface area contributed by atoms with Gasteiger partial charge in [-0.1, -0.05) is 30.3 Å². The summed E-state index contributed by atoms with van der Waals surface area (Å²) in [6.07, 6.45) is 5.91. The van der Waals surface area contributed by atoms with E-state index < -0.39 is 0 Å². The average Bonchev–Trinajstić information content (AvgIpc) is 2.63. The topological polar surface area (TPSA) is 58.1 Å². The number of likely N-dealkylation sites (tertiary alicyclic amines) is 1. The molecule has 0 bridgehead atoms. The number of rotatable bonds is 5. The van der Waals surface area contributed by atoms with Crippen molar-refractivity contribution in [2.24, 2.45) is 5.41 Å². The van der Waals surface area contributed by atoms with Gasteiger partial charge in [-0.25, -0.2) is 0 Å². The van der Waals surface area contributed by atoms with Crippen molar-refractivity contribution in [3.8, 4) is 0 Å². The Labute approximate surface area is 143 Å². The molecule has 1 aromatic heterocycles. The quantitative estimate of drug-likeness (QED) is 0.914. The molecule has 3 rings (SSSR count). The SMILES string of the molecule is CN1CCC(Cc2ccccc2)(C(=O)NCc2ccnnc2)CC1. The maximum atomic E-state index is 13.0. The Bertz CT molecular complexity index is 652. The van der Waals surface area contributed by atoms with Gasteiger partial charge in [-0.05, 0) is 56.6 Å². The molecule has 5 nitrogen and oxygen atoms in total. The van der Waals surface area contributed by atoms with Crippen LogP contribution in [0.5, 0.6) is 0 Å². The first kappa shape index (κ1) is 16.6. The molecule has 1 saturated heterocycles. The standard InChI is InChI=1S/C19H24N4O/c1-23-11-8-19(9-12-23,13-16-5-3-2-4-6-16)18(24)20-14-17-7-10-21-22-15-17/h2-7,10,15H,8-9,11-14H2,1H3,(H,20,24). The monoisotopic (exact) mass is 324 g/mol. The highest BCUT2D eigenvalue weighted by atomic mass is 16.2. The zero-order chi connectivity index (χ0) is 16.8. The first-order valence-corrected chi connectivity index (χ1v) is 8.44. The third-order valence-electron chi connectivity index (χ3n) is 4.91. The summed E-state index contributed by atoms with van der Waals surface area (Å²) >= 11 is 0. The average molecular weight is 324 g/mol. The van der Waals surface area contributed by atoms with Gasteiger partial charge in [-0.3, -0.25) is 4.79 Å². The van der Waals surface area contributed by atoms with Gasteiger partial charge in [-0.15, -0.1) is 0 Å². The lowest BCUT2D eigenvalue weighted by molar-refractivity contribution is -0.134. The van der Waals surface area contributed by atoms with Crippen LogP contribution in [0.1, 0.15) is 24.0 Å². The number of hydrogen-bond donors (Lipinski definition) is 1. The minimum absolute atomic E-state index is 0.149. The fourth-order valence-corrected chi connectivity index (χ4v) is 3.31. The summed E-state index contributed by atoms with van der Waals surface area (Å²) in [5.41, 5.74) is 1.87.